The van der Waals surface area contributed by atoms with Gasteiger partial charge in [-0.25, -0.2) is 4.98 Å². The minimum atomic E-state index is -2.96. The van der Waals surface area contributed by atoms with Crippen molar-refractivity contribution in [2.75, 3.05) is 20.5 Å². The Balaban J connectivity index is 2.58. The molecule has 2 heterocycles. The fourth-order valence-corrected chi connectivity index (χ4v) is 3.74. The summed E-state index contributed by atoms with van der Waals surface area (Å²) in [7, 11) is 2.82. The number of thiophene rings is 1. The molecule has 5 nitrogen and oxygen atoms in total. The van der Waals surface area contributed by atoms with E-state index in [1.165, 1.54) is 26.0 Å². The molecule has 0 aliphatic rings. The Bertz CT molecular complexity index is 736. The van der Waals surface area contributed by atoms with E-state index >= 15 is 0 Å². The number of nitriles is 1. The lowest BCUT2D eigenvalue weighted by Gasteiger charge is -2.19. The number of hydrogen-bond acceptors (Lipinski definition) is 8. The van der Waals surface area contributed by atoms with Crippen LogP contribution in [-0.2, 0) is 20.9 Å². The molecule has 116 valence electrons. The topological polar surface area (TPSA) is 64.4 Å². The molecular formula is C13H13N2O3PS3. The van der Waals surface area contributed by atoms with Crippen molar-refractivity contribution in [1.82, 2.24) is 4.98 Å². The van der Waals surface area contributed by atoms with Gasteiger partial charge in [-0.15, -0.1) is 23.1 Å². The molecule has 0 aliphatic carbocycles. The average Bonchev–Trinajstić information content (AvgIpc) is 3.08. The fraction of sp³-hybridized carbons (Fsp3) is 0.231. The summed E-state index contributed by atoms with van der Waals surface area (Å²) < 4.78 is 15.9. The largest absolute Gasteiger partial charge is 0.404 e. The fourth-order valence-electron chi connectivity index (χ4n) is 1.63. The van der Waals surface area contributed by atoms with Crippen LogP contribution >= 0.6 is 29.8 Å². The molecule has 0 bridgehead atoms. The number of thioether (sulfide) groups is 1. The first-order valence-corrected chi connectivity index (χ1v) is 10.7. The summed E-state index contributed by atoms with van der Waals surface area (Å²) in [5, 5.41) is 11.4. The first-order chi connectivity index (χ1) is 10.6. The molecule has 2 aromatic rings. The van der Waals surface area contributed by atoms with Gasteiger partial charge in [0, 0.05) is 30.9 Å². The number of nitrogens with zero attached hydrogens (tertiary/aromatic N) is 2. The predicted molar refractivity (Wildman–Crippen MR) is 93.0 cm³/mol. The van der Waals surface area contributed by atoms with Gasteiger partial charge in [0.15, 0.2) is 0 Å². The standard InChI is InChI=1S/C13H13N2O3PS3/c1-16-19(20,17-2)18-13-9(8-14)12(21-3)7-10(15-13)11-5-4-6-22-11/h4-7H,1-3H3. The lowest BCUT2D eigenvalue weighted by Crippen LogP contribution is -2.02. The Morgan fingerprint density at radius 2 is 2.14 bits per heavy atom. The lowest BCUT2D eigenvalue weighted by atomic mass is 10.2. The van der Waals surface area contributed by atoms with E-state index in [1.54, 1.807) is 11.3 Å². The van der Waals surface area contributed by atoms with E-state index in [4.69, 9.17) is 25.4 Å². The van der Waals surface area contributed by atoms with Crippen LogP contribution in [0.2, 0.25) is 0 Å². The van der Waals surface area contributed by atoms with Crippen LogP contribution in [0, 0.1) is 11.3 Å². The molecule has 0 aliphatic heterocycles. The van der Waals surface area contributed by atoms with Crippen LogP contribution in [0.25, 0.3) is 10.6 Å². The second-order valence-electron chi connectivity index (χ2n) is 3.88. The van der Waals surface area contributed by atoms with Crippen LogP contribution in [0.4, 0.5) is 0 Å². The molecular weight excluding hydrogens is 359 g/mol. The van der Waals surface area contributed by atoms with Gasteiger partial charge in [-0.2, -0.15) is 5.26 Å². The molecule has 0 spiro atoms. The van der Waals surface area contributed by atoms with Crippen LogP contribution in [0.1, 0.15) is 5.56 Å². The second kappa shape index (κ2) is 7.55. The monoisotopic (exact) mass is 372 g/mol. The molecule has 0 unspecified atom stereocenters. The molecule has 0 atom stereocenters. The first-order valence-electron chi connectivity index (χ1n) is 6.01. The van der Waals surface area contributed by atoms with Crippen LogP contribution in [-0.4, -0.2) is 25.5 Å². The van der Waals surface area contributed by atoms with E-state index in [0.717, 1.165) is 15.5 Å². The van der Waals surface area contributed by atoms with Gasteiger partial charge in [-0.1, -0.05) is 6.07 Å². The minimum absolute atomic E-state index is 0.143. The third-order valence-corrected chi connectivity index (χ3v) is 6.76. The predicted octanol–water partition coefficient (Wildman–Crippen LogP) is 4.30. The summed E-state index contributed by atoms with van der Waals surface area (Å²) in [5.41, 5.74) is 1.05. The molecule has 0 amide bonds. The van der Waals surface area contributed by atoms with Gasteiger partial charge in [0.05, 0.1) is 10.6 Å². The molecule has 0 saturated carbocycles. The second-order valence-corrected chi connectivity index (χ2v) is 8.83. The number of rotatable bonds is 6. The van der Waals surface area contributed by atoms with Crippen molar-refractivity contribution in [2.45, 2.75) is 4.90 Å². The smallest absolute Gasteiger partial charge is 0.381 e. The Morgan fingerprint density at radius 1 is 1.41 bits per heavy atom. The molecule has 0 saturated heterocycles. The normalized spacial score (nSPS) is 11.2. The van der Waals surface area contributed by atoms with E-state index in [1.807, 2.05) is 29.8 Å². The van der Waals surface area contributed by atoms with Crippen molar-refractivity contribution in [3.8, 4) is 22.5 Å². The Kier molecular flexibility index (Phi) is 5.98. The summed E-state index contributed by atoms with van der Waals surface area (Å²) in [4.78, 5) is 6.18. The highest BCUT2D eigenvalue weighted by Crippen LogP contribution is 2.49. The van der Waals surface area contributed by atoms with Gasteiger partial charge < -0.3 is 13.6 Å². The average molecular weight is 372 g/mol. The summed E-state index contributed by atoms with van der Waals surface area (Å²) in [6.45, 7) is -2.96. The maximum Gasteiger partial charge on any atom is 0.381 e. The van der Waals surface area contributed by atoms with E-state index in [2.05, 4.69) is 11.1 Å². The van der Waals surface area contributed by atoms with E-state index in [0.29, 0.717) is 5.56 Å². The summed E-state index contributed by atoms with van der Waals surface area (Å²) >= 11 is 8.21. The summed E-state index contributed by atoms with van der Waals surface area (Å²) in [5.74, 6) is 0.143. The maximum atomic E-state index is 9.41. The zero-order valence-corrected chi connectivity index (χ0v) is 15.4. The molecule has 2 aromatic heterocycles. The van der Waals surface area contributed by atoms with Gasteiger partial charge in [-0.05, 0) is 23.8 Å². The highest BCUT2D eigenvalue weighted by atomic mass is 32.5. The molecule has 9 heteroatoms. The maximum absolute atomic E-state index is 9.41. The molecule has 22 heavy (non-hydrogen) atoms. The third-order valence-electron chi connectivity index (χ3n) is 2.70. The number of pyridine rings is 1. The van der Waals surface area contributed by atoms with Crippen molar-refractivity contribution >= 4 is 41.6 Å². The van der Waals surface area contributed by atoms with Crippen molar-refractivity contribution < 1.29 is 13.6 Å². The van der Waals surface area contributed by atoms with Gasteiger partial charge in [0.25, 0.3) is 0 Å². The van der Waals surface area contributed by atoms with Crippen LogP contribution < -0.4 is 4.52 Å². The van der Waals surface area contributed by atoms with Crippen molar-refractivity contribution in [3.05, 3.63) is 29.1 Å². The summed E-state index contributed by atoms with van der Waals surface area (Å²) in [6.07, 6.45) is 1.89. The Labute approximate surface area is 142 Å². The number of hydrogen-bond donors (Lipinski definition) is 0. The minimum Gasteiger partial charge on any atom is -0.404 e. The molecule has 0 radical (unpaired) electrons. The highest BCUT2D eigenvalue weighted by Gasteiger charge is 2.24. The lowest BCUT2D eigenvalue weighted by molar-refractivity contribution is 0.270. The molecule has 2 rings (SSSR count). The van der Waals surface area contributed by atoms with Crippen molar-refractivity contribution in [3.63, 3.8) is 0 Å². The SMILES string of the molecule is COP(=S)(OC)Oc1nc(-c2cccs2)cc(SC)c1C#N. The third kappa shape index (κ3) is 3.69. The first kappa shape index (κ1) is 17.4. The van der Waals surface area contributed by atoms with Gasteiger partial charge in [0.2, 0.25) is 5.88 Å². The molecule has 0 N–H and O–H groups in total. The highest BCUT2D eigenvalue weighted by molar-refractivity contribution is 8.07. The molecule has 0 aromatic carbocycles. The summed E-state index contributed by atoms with van der Waals surface area (Å²) in [6, 6.07) is 7.87. The quantitative estimate of drug-likeness (QED) is 0.553. The van der Waals surface area contributed by atoms with Crippen molar-refractivity contribution in [2.24, 2.45) is 0 Å². The van der Waals surface area contributed by atoms with Gasteiger partial charge in [0.1, 0.15) is 11.6 Å². The Morgan fingerprint density at radius 3 is 2.64 bits per heavy atom. The van der Waals surface area contributed by atoms with Crippen LogP contribution in [0.5, 0.6) is 5.88 Å². The van der Waals surface area contributed by atoms with Gasteiger partial charge in [-0.3, -0.25) is 0 Å². The van der Waals surface area contributed by atoms with E-state index in [-0.39, 0.29) is 5.88 Å². The Hall–Kier alpha value is -0.940. The van der Waals surface area contributed by atoms with Gasteiger partial charge >= 0.3 is 6.72 Å². The van der Waals surface area contributed by atoms with Crippen LogP contribution in [0.3, 0.4) is 0 Å². The van der Waals surface area contributed by atoms with E-state index < -0.39 is 6.72 Å². The zero-order valence-electron chi connectivity index (χ0n) is 12.1. The van der Waals surface area contributed by atoms with Crippen molar-refractivity contribution in [1.29, 1.82) is 5.26 Å². The number of aromatic nitrogens is 1. The van der Waals surface area contributed by atoms with E-state index in [9.17, 15) is 5.26 Å². The molecule has 0 fully saturated rings. The zero-order chi connectivity index (χ0) is 16.2. The van der Waals surface area contributed by atoms with Crippen LogP contribution in [0.15, 0.2) is 28.5 Å².